The third kappa shape index (κ3) is 4.11. The molecule has 0 aromatic heterocycles. The Hall–Kier alpha value is -3.06. The number of benzene rings is 2. The number of fused-ring (bicyclic) bond motifs is 1. The number of carbonyl (C=O) groups excluding carboxylic acids is 1. The summed E-state index contributed by atoms with van der Waals surface area (Å²) in [6.07, 6.45) is 2.78. The van der Waals surface area contributed by atoms with Gasteiger partial charge in [-0.3, -0.25) is 4.79 Å². The van der Waals surface area contributed by atoms with Crippen LogP contribution in [0.2, 0.25) is 0 Å². The summed E-state index contributed by atoms with van der Waals surface area (Å²) in [5, 5.41) is 12.5. The fourth-order valence-electron chi connectivity index (χ4n) is 4.61. The monoisotopic (exact) mass is 401 g/mol. The molecule has 1 amide bonds. The molecule has 4 nitrogen and oxygen atoms in total. The number of anilines is 2. The standard InChI is InChI=1S/C26H31N3O/c1-7-29-24-12-18(3)20(14-22(24)19(4)15-26(29,5)6)13-21(16-27)25(30)28-23-11-9-8-10-17(23)2/h8-14,19H,7,15H2,1-6H3,(H,28,30)/b21-13-/t19-/m0/s1. The van der Waals surface area contributed by atoms with Gasteiger partial charge in [0.1, 0.15) is 11.6 Å². The van der Waals surface area contributed by atoms with E-state index < -0.39 is 0 Å². The second-order valence-electron chi connectivity index (χ2n) is 8.87. The minimum atomic E-state index is -0.381. The van der Waals surface area contributed by atoms with E-state index in [0.29, 0.717) is 5.92 Å². The zero-order chi connectivity index (χ0) is 22.1. The summed E-state index contributed by atoms with van der Waals surface area (Å²) in [6, 6.07) is 14.0. The van der Waals surface area contributed by atoms with E-state index in [1.165, 1.54) is 11.3 Å². The van der Waals surface area contributed by atoms with Crippen LogP contribution in [0.3, 0.4) is 0 Å². The van der Waals surface area contributed by atoms with Crippen LogP contribution in [0.25, 0.3) is 6.08 Å². The number of hydrogen-bond donors (Lipinski definition) is 1. The normalized spacial score (nSPS) is 17.8. The molecule has 0 spiro atoms. The lowest BCUT2D eigenvalue weighted by atomic mass is 9.79. The van der Waals surface area contributed by atoms with Crippen molar-refractivity contribution < 1.29 is 4.79 Å². The minimum Gasteiger partial charge on any atom is -0.366 e. The highest BCUT2D eigenvalue weighted by Crippen LogP contribution is 2.44. The van der Waals surface area contributed by atoms with Gasteiger partial charge in [-0.2, -0.15) is 5.26 Å². The predicted octanol–water partition coefficient (Wildman–Crippen LogP) is 5.96. The van der Waals surface area contributed by atoms with Crippen LogP contribution in [0.15, 0.2) is 42.0 Å². The molecular formula is C26H31N3O. The number of rotatable bonds is 4. The molecule has 0 fully saturated rings. The van der Waals surface area contributed by atoms with Crippen LogP contribution < -0.4 is 10.2 Å². The molecule has 2 aromatic rings. The Morgan fingerprint density at radius 2 is 1.97 bits per heavy atom. The molecule has 1 atom stereocenters. The number of nitrogens with one attached hydrogen (secondary N) is 1. The summed E-state index contributed by atoms with van der Waals surface area (Å²) in [6.45, 7) is 14.0. The molecule has 1 aliphatic heterocycles. The maximum absolute atomic E-state index is 12.7. The molecule has 0 aliphatic carbocycles. The summed E-state index contributed by atoms with van der Waals surface area (Å²) in [5.74, 6) is 0.0326. The van der Waals surface area contributed by atoms with Crippen molar-refractivity contribution in [2.24, 2.45) is 0 Å². The second-order valence-corrected chi connectivity index (χ2v) is 8.87. The van der Waals surface area contributed by atoms with Crippen LogP contribution in [0, 0.1) is 25.2 Å². The quantitative estimate of drug-likeness (QED) is 0.508. The lowest BCUT2D eigenvalue weighted by Gasteiger charge is -2.47. The second kappa shape index (κ2) is 8.36. The molecule has 0 saturated heterocycles. The Morgan fingerprint density at radius 3 is 2.60 bits per heavy atom. The first kappa shape index (κ1) is 21.6. The van der Waals surface area contributed by atoms with Crippen molar-refractivity contribution in [2.75, 3.05) is 16.8 Å². The summed E-state index contributed by atoms with van der Waals surface area (Å²) in [5.41, 5.74) is 6.43. The highest BCUT2D eigenvalue weighted by Gasteiger charge is 2.35. The van der Waals surface area contributed by atoms with Gasteiger partial charge in [-0.1, -0.05) is 25.1 Å². The molecule has 156 valence electrons. The van der Waals surface area contributed by atoms with Crippen molar-refractivity contribution >= 4 is 23.4 Å². The van der Waals surface area contributed by atoms with Crippen molar-refractivity contribution in [3.05, 3.63) is 64.2 Å². The van der Waals surface area contributed by atoms with Gasteiger partial charge in [-0.05, 0) is 93.5 Å². The van der Waals surface area contributed by atoms with Gasteiger partial charge in [-0.25, -0.2) is 0 Å². The zero-order valence-electron chi connectivity index (χ0n) is 18.8. The van der Waals surface area contributed by atoms with Crippen LogP contribution in [0.4, 0.5) is 11.4 Å². The molecule has 1 heterocycles. The molecule has 30 heavy (non-hydrogen) atoms. The summed E-state index contributed by atoms with van der Waals surface area (Å²) < 4.78 is 0. The highest BCUT2D eigenvalue weighted by atomic mass is 16.1. The van der Waals surface area contributed by atoms with Gasteiger partial charge in [0.25, 0.3) is 5.91 Å². The minimum absolute atomic E-state index is 0.107. The number of amides is 1. The van der Waals surface area contributed by atoms with Crippen LogP contribution in [-0.2, 0) is 4.79 Å². The number of nitriles is 1. The summed E-state index contributed by atoms with van der Waals surface area (Å²) in [7, 11) is 0. The van der Waals surface area contributed by atoms with Gasteiger partial charge in [-0.15, -0.1) is 0 Å². The van der Waals surface area contributed by atoms with Gasteiger partial charge in [0.15, 0.2) is 0 Å². The van der Waals surface area contributed by atoms with Crippen molar-refractivity contribution in [3.63, 3.8) is 0 Å². The molecule has 0 radical (unpaired) electrons. The number of nitrogens with zero attached hydrogens (tertiary/aromatic N) is 2. The topological polar surface area (TPSA) is 56.1 Å². The van der Waals surface area contributed by atoms with E-state index in [2.05, 4.69) is 56.1 Å². The van der Waals surface area contributed by atoms with Gasteiger partial charge in [0.2, 0.25) is 0 Å². The Labute approximate surface area is 180 Å². The number of para-hydroxylation sites is 1. The van der Waals surface area contributed by atoms with Gasteiger partial charge in [0, 0.05) is 23.5 Å². The van der Waals surface area contributed by atoms with Gasteiger partial charge >= 0.3 is 0 Å². The van der Waals surface area contributed by atoms with E-state index in [-0.39, 0.29) is 17.0 Å². The lowest BCUT2D eigenvalue weighted by molar-refractivity contribution is -0.112. The molecule has 0 unspecified atom stereocenters. The summed E-state index contributed by atoms with van der Waals surface area (Å²) in [4.78, 5) is 15.2. The zero-order valence-corrected chi connectivity index (χ0v) is 18.8. The van der Waals surface area contributed by atoms with Crippen molar-refractivity contribution in [1.82, 2.24) is 0 Å². The number of carbonyl (C=O) groups is 1. The molecule has 3 rings (SSSR count). The fourth-order valence-corrected chi connectivity index (χ4v) is 4.61. The molecular weight excluding hydrogens is 370 g/mol. The van der Waals surface area contributed by atoms with E-state index in [1.807, 2.05) is 38.1 Å². The van der Waals surface area contributed by atoms with Gasteiger partial charge < -0.3 is 10.2 Å². The SMILES string of the molecule is CCN1c2cc(C)c(/C=C(/C#N)C(=O)Nc3ccccc3C)cc2[C@@H](C)CC1(C)C. The first-order chi connectivity index (χ1) is 14.2. The lowest BCUT2D eigenvalue weighted by Crippen LogP contribution is -2.48. The third-order valence-electron chi connectivity index (χ3n) is 6.15. The molecule has 4 heteroatoms. The summed E-state index contributed by atoms with van der Waals surface area (Å²) >= 11 is 0. The number of aryl methyl sites for hydroxylation is 2. The molecule has 2 aromatic carbocycles. The molecule has 1 N–H and O–H groups in total. The molecule has 1 aliphatic rings. The van der Waals surface area contributed by atoms with Crippen molar-refractivity contribution in [3.8, 4) is 6.07 Å². The van der Waals surface area contributed by atoms with Crippen molar-refractivity contribution in [1.29, 1.82) is 5.26 Å². The molecule has 0 saturated carbocycles. The van der Waals surface area contributed by atoms with Crippen LogP contribution in [0.1, 0.15) is 62.3 Å². The number of hydrogen-bond acceptors (Lipinski definition) is 3. The van der Waals surface area contributed by atoms with E-state index >= 15 is 0 Å². The maximum atomic E-state index is 12.7. The largest absolute Gasteiger partial charge is 0.366 e. The van der Waals surface area contributed by atoms with Gasteiger partial charge in [0.05, 0.1) is 0 Å². The molecule has 0 bridgehead atoms. The average molecular weight is 402 g/mol. The predicted molar refractivity (Wildman–Crippen MR) is 125 cm³/mol. The Morgan fingerprint density at radius 1 is 1.27 bits per heavy atom. The smallest absolute Gasteiger partial charge is 0.266 e. The third-order valence-corrected chi connectivity index (χ3v) is 6.15. The van der Waals surface area contributed by atoms with Crippen LogP contribution >= 0.6 is 0 Å². The van der Waals surface area contributed by atoms with E-state index in [9.17, 15) is 10.1 Å². The van der Waals surface area contributed by atoms with E-state index in [0.717, 1.165) is 35.3 Å². The highest BCUT2D eigenvalue weighted by molar-refractivity contribution is 6.10. The Balaban J connectivity index is 1.98. The van der Waals surface area contributed by atoms with Crippen LogP contribution in [-0.4, -0.2) is 18.0 Å². The Bertz CT molecular complexity index is 1040. The fraction of sp³-hybridized carbons (Fsp3) is 0.385. The Kier molecular flexibility index (Phi) is 6.03. The average Bonchev–Trinajstić information content (AvgIpc) is 2.68. The van der Waals surface area contributed by atoms with E-state index in [1.54, 1.807) is 6.08 Å². The first-order valence-electron chi connectivity index (χ1n) is 10.6. The van der Waals surface area contributed by atoms with Crippen LogP contribution in [0.5, 0.6) is 0 Å². The first-order valence-corrected chi connectivity index (χ1v) is 10.6. The van der Waals surface area contributed by atoms with E-state index in [4.69, 9.17) is 0 Å². The maximum Gasteiger partial charge on any atom is 0.266 e. The van der Waals surface area contributed by atoms with Crippen molar-refractivity contribution in [2.45, 2.75) is 59.4 Å².